The summed E-state index contributed by atoms with van der Waals surface area (Å²) in [5.74, 6) is 0.854. The van der Waals surface area contributed by atoms with Crippen LogP contribution in [0.1, 0.15) is 42.4 Å². The molecule has 1 aliphatic heterocycles. The van der Waals surface area contributed by atoms with Crippen LogP contribution in [0.5, 0.6) is 0 Å². The molecule has 0 bridgehead atoms. The first kappa shape index (κ1) is 14.4. The van der Waals surface area contributed by atoms with E-state index >= 15 is 0 Å². The zero-order valence-electron chi connectivity index (χ0n) is 11.1. The number of halogens is 1. The Labute approximate surface area is 120 Å². The number of benzene rings is 1. The van der Waals surface area contributed by atoms with E-state index < -0.39 is 0 Å². The van der Waals surface area contributed by atoms with Gasteiger partial charge in [0.25, 0.3) is 0 Å². The van der Waals surface area contributed by atoms with Gasteiger partial charge >= 0.3 is 0 Å². The lowest BCUT2D eigenvalue weighted by molar-refractivity contribution is -0.122. The average molecular weight is 281 g/mol. The van der Waals surface area contributed by atoms with Crippen LogP contribution in [0.25, 0.3) is 0 Å². The first-order valence-corrected chi connectivity index (χ1v) is 6.89. The van der Waals surface area contributed by atoms with Crippen molar-refractivity contribution in [2.45, 2.75) is 45.3 Å². The summed E-state index contributed by atoms with van der Waals surface area (Å²) in [6.07, 6.45) is 4.48. The van der Waals surface area contributed by atoms with Gasteiger partial charge in [-0.05, 0) is 35.4 Å². The highest BCUT2D eigenvalue weighted by atomic mass is 35.5. The van der Waals surface area contributed by atoms with E-state index in [1.165, 1.54) is 36.0 Å². The van der Waals surface area contributed by atoms with Gasteiger partial charge < -0.3 is 10.6 Å². The zero-order chi connectivity index (χ0) is 12.4. The summed E-state index contributed by atoms with van der Waals surface area (Å²) < 4.78 is 0. The van der Waals surface area contributed by atoms with Crippen LogP contribution in [0.3, 0.4) is 0 Å². The number of carbonyl (C=O) groups excluding carboxylic acids is 1. The van der Waals surface area contributed by atoms with Crippen LogP contribution in [-0.2, 0) is 24.4 Å². The second-order valence-corrected chi connectivity index (χ2v) is 5.48. The van der Waals surface area contributed by atoms with E-state index in [2.05, 4.69) is 28.8 Å². The molecule has 3 rings (SSSR count). The van der Waals surface area contributed by atoms with E-state index in [0.717, 1.165) is 13.1 Å². The van der Waals surface area contributed by atoms with Crippen molar-refractivity contribution in [1.82, 2.24) is 10.6 Å². The van der Waals surface area contributed by atoms with Crippen LogP contribution < -0.4 is 10.6 Å². The molecule has 1 fully saturated rings. The van der Waals surface area contributed by atoms with Crippen LogP contribution in [-0.4, -0.2) is 5.91 Å². The third-order valence-corrected chi connectivity index (χ3v) is 4.09. The number of hydrogen-bond acceptors (Lipinski definition) is 2. The van der Waals surface area contributed by atoms with E-state index in [4.69, 9.17) is 0 Å². The van der Waals surface area contributed by atoms with Crippen LogP contribution in [0.4, 0.5) is 0 Å². The van der Waals surface area contributed by atoms with Gasteiger partial charge in [0.15, 0.2) is 0 Å². The normalized spacial score (nSPS) is 17.3. The van der Waals surface area contributed by atoms with Crippen molar-refractivity contribution >= 4 is 18.3 Å². The minimum absolute atomic E-state index is 0. The SMILES string of the molecule is Cl.O=C(CC1CCC1)NCc1ccc2c(c1)CNC2. The smallest absolute Gasteiger partial charge is 0.220 e. The molecule has 19 heavy (non-hydrogen) atoms. The summed E-state index contributed by atoms with van der Waals surface area (Å²) in [6, 6.07) is 6.50. The molecule has 1 heterocycles. The van der Waals surface area contributed by atoms with Crippen molar-refractivity contribution < 1.29 is 4.79 Å². The standard InChI is InChI=1S/C15H20N2O.ClH/c18-15(7-11-2-1-3-11)17-8-12-4-5-13-9-16-10-14(13)6-12;/h4-6,11,16H,1-3,7-10H2,(H,17,18);1H. The molecule has 0 radical (unpaired) electrons. The second-order valence-electron chi connectivity index (χ2n) is 5.48. The molecule has 1 aliphatic carbocycles. The monoisotopic (exact) mass is 280 g/mol. The van der Waals surface area contributed by atoms with Crippen molar-refractivity contribution in [3.05, 3.63) is 34.9 Å². The third kappa shape index (κ3) is 3.48. The minimum atomic E-state index is 0. The molecule has 0 saturated heterocycles. The molecule has 0 atom stereocenters. The number of carbonyl (C=O) groups is 1. The van der Waals surface area contributed by atoms with Crippen LogP contribution >= 0.6 is 12.4 Å². The highest BCUT2D eigenvalue weighted by Gasteiger charge is 2.20. The Bertz CT molecular complexity index is 457. The summed E-state index contributed by atoms with van der Waals surface area (Å²) >= 11 is 0. The maximum atomic E-state index is 11.7. The van der Waals surface area contributed by atoms with Gasteiger partial charge in [-0.1, -0.05) is 24.6 Å². The van der Waals surface area contributed by atoms with E-state index in [1.54, 1.807) is 0 Å². The number of hydrogen-bond donors (Lipinski definition) is 2. The first-order chi connectivity index (χ1) is 8.81. The van der Waals surface area contributed by atoms with Crippen molar-refractivity contribution in [3.63, 3.8) is 0 Å². The number of fused-ring (bicyclic) bond motifs is 1. The van der Waals surface area contributed by atoms with Gasteiger partial charge in [0.2, 0.25) is 5.91 Å². The largest absolute Gasteiger partial charge is 0.352 e. The zero-order valence-corrected chi connectivity index (χ0v) is 11.9. The summed E-state index contributed by atoms with van der Waals surface area (Å²) in [4.78, 5) is 11.7. The lowest BCUT2D eigenvalue weighted by atomic mass is 9.83. The van der Waals surface area contributed by atoms with Gasteiger partial charge in [0.1, 0.15) is 0 Å². The predicted molar refractivity (Wildman–Crippen MR) is 78.0 cm³/mol. The van der Waals surface area contributed by atoms with Crippen molar-refractivity contribution in [3.8, 4) is 0 Å². The van der Waals surface area contributed by atoms with Crippen LogP contribution in [0.15, 0.2) is 18.2 Å². The van der Waals surface area contributed by atoms with Crippen molar-refractivity contribution in [2.75, 3.05) is 0 Å². The molecule has 1 amide bonds. The fourth-order valence-corrected chi connectivity index (χ4v) is 2.69. The Morgan fingerprint density at radius 1 is 1.26 bits per heavy atom. The van der Waals surface area contributed by atoms with Crippen LogP contribution in [0.2, 0.25) is 0 Å². The molecule has 4 heteroatoms. The van der Waals surface area contributed by atoms with Gasteiger partial charge in [-0.3, -0.25) is 4.79 Å². The average Bonchev–Trinajstić information content (AvgIpc) is 2.78. The Balaban J connectivity index is 0.00000133. The molecule has 1 aromatic rings. The summed E-state index contributed by atoms with van der Waals surface area (Å²) in [6.45, 7) is 2.60. The lowest BCUT2D eigenvalue weighted by Crippen LogP contribution is -2.27. The van der Waals surface area contributed by atoms with Crippen molar-refractivity contribution in [2.24, 2.45) is 5.92 Å². The van der Waals surface area contributed by atoms with Crippen LogP contribution in [0, 0.1) is 5.92 Å². The molecule has 2 N–H and O–H groups in total. The molecule has 3 nitrogen and oxygen atoms in total. The molecular formula is C15H21ClN2O. The molecule has 104 valence electrons. The summed E-state index contributed by atoms with van der Waals surface area (Å²) in [5.41, 5.74) is 3.97. The van der Waals surface area contributed by atoms with Gasteiger partial charge in [-0.25, -0.2) is 0 Å². The molecule has 0 spiro atoms. The number of rotatable bonds is 4. The Hall–Kier alpha value is -1.06. The highest BCUT2D eigenvalue weighted by molar-refractivity contribution is 5.85. The summed E-state index contributed by atoms with van der Waals surface area (Å²) in [7, 11) is 0. The topological polar surface area (TPSA) is 41.1 Å². The predicted octanol–water partition coefficient (Wildman–Crippen LogP) is 2.52. The lowest BCUT2D eigenvalue weighted by Gasteiger charge is -2.24. The van der Waals surface area contributed by atoms with E-state index in [-0.39, 0.29) is 18.3 Å². The quantitative estimate of drug-likeness (QED) is 0.890. The Morgan fingerprint density at radius 2 is 2.05 bits per heavy atom. The second kappa shape index (κ2) is 6.40. The van der Waals surface area contributed by atoms with Gasteiger partial charge in [0, 0.05) is 26.1 Å². The fourth-order valence-electron chi connectivity index (χ4n) is 2.69. The molecule has 0 unspecified atom stereocenters. The summed E-state index contributed by atoms with van der Waals surface area (Å²) in [5, 5.41) is 6.36. The maximum Gasteiger partial charge on any atom is 0.220 e. The Kier molecular flexibility index (Phi) is 4.83. The van der Waals surface area contributed by atoms with Gasteiger partial charge in [0.05, 0.1) is 0 Å². The fraction of sp³-hybridized carbons (Fsp3) is 0.533. The number of amides is 1. The maximum absolute atomic E-state index is 11.7. The van der Waals surface area contributed by atoms with Crippen molar-refractivity contribution in [1.29, 1.82) is 0 Å². The van der Waals surface area contributed by atoms with E-state index in [0.29, 0.717) is 18.9 Å². The molecule has 0 aromatic heterocycles. The molecule has 1 aromatic carbocycles. The van der Waals surface area contributed by atoms with Gasteiger partial charge in [-0.2, -0.15) is 0 Å². The molecule has 1 saturated carbocycles. The van der Waals surface area contributed by atoms with Gasteiger partial charge in [-0.15, -0.1) is 12.4 Å². The molecular weight excluding hydrogens is 260 g/mol. The third-order valence-electron chi connectivity index (χ3n) is 4.09. The first-order valence-electron chi connectivity index (χ1n) is 6.89. The minimum Gasteiger partial charge on any atom is -0.352 e. The highest BCUT2D eigenvalue weighted by Crippen LogP contribution is 2.29. The van der Waals surface area contributed by atoms with E-state index in [9.17, 15) is 4.79 Å². The van der Waals surface area contributed by atoms with E-state index in [1.807, 2.05) is 0 Å². The Morgan fingerprint density at radius 3 is 2.79 bits per heavy atom. The molecule has 2 aliphatic rings. The number of nitrogens with one attached hydrogen (secondary N) is 2.